The molecule has 0 saturated heterocycles. The first-order valence-electron chi connectivity index (χ1n) is 12.7. The van der Waals surface area contributed by atoms with E-state index in [1.54, 1.807) is 18.7 Å². The zero-order valence-electron chi connectivity index (χ0n) is 21.7. The largest absolute Gasteiger partial charge is 0.335 e. The molecule has 0 unspecified atom stereocenters. The van der Waals surface area contributed by atoms with Gasteiger partial charge in [-0.1, -0.05) is 32.9 Å². The highest BCUT2D eigenvalue weighted by Crippen LogP contribution is 2.33. The van der Waals surface area contributed by atoms with Crippen LogP contribution in [0.5, 0.6) is 0 Å². The van der Waals surface area contributed by atoms with Crippen LogP contribution in [-0.2, 0) is 11.2 Å². The van der Waals surface area contributed by atoms with E-state index in [-0.39, 0.29) is 11.8 Å². The number of fused-ring (bicyclic) bond motifs is 2. The number of aryl methyl sites for hydroxylation is 2. The van der Waals surface area contributed by atoms with Crippen molar-refractivity contribution in [2.75, 3.05) is 5.32 Å². The number of amides is 1. The lowest BCUT2D eigenvalue weighted by molar-refractivity contribution is -0.118. The van der Waals surface area contributed by atoms with Gasteiger partial charge in [0.05, 0.1) is 41.1 Å². The highest BCUT2D eigenvalue weighted by atomic mass is 16.1. The van der Waals surface area contributed by atoms with Gasteiger partial charge >= 0.3 is 0 Å². The van der Waals surface area contributed by atoms with Crippen molar-refractivity contribution in [1.82, 2.24) is 34.7 Å². The molecule has 1 amide bonds. The highest BCUT2D eigenvalue weighted by Gasteiger charge is 2.17. The molecule has 3 N–H and O–H groups in total. The van der Waals surface area contributed by atoms with Gasteiger partial charge in [0.15, 0.2) is 5.82 Å². The molecule has 4 heterocycles. The summed E-state index contributed by atoms with van der Waals surface area (Å²) < 4.78 is 1.92. The SMILES string of the molecule is CCc1cc(NC(=O)C(C)C)cc(-c2ccc3[nH]nc(-c4nc5c(-n6cnc(C)c6)cncc5[nH]4)c3c2)c1. The normalized spacial score (nSPS) is 11.6. The summed E-state index contributed by atoms with van der Waals surface area (Å²) in [6.45, 7) is 7.84. The van der Waals surface area contributed by atoms with Gasteiger partial charge in [-0.05, 0) is 54.3 Å². The minimum atomic E-state index is -0.0918. The average Bonchev–Trinajstić information content (AvgIpc) is 3.65. The number of rotatable bonds is 6. The summed E-state index contributed by atoms with van der Waals surface area (Å²) in [6, 6.07) is 12.4. The lowest BCUT2D eigenvalue weighted by atomic mass is 9.99. The Morgan fingerprint density at radius 3 is 2.71 bits per heavy atom. The van der Waals surface area contributed by atoms with Crippen molar-refractivity contribution in [1.29, 1.82) is 0 Å². The molecular weight excluding hydrogens is 476 g/mol. The van der Waals surface area contributed by atoms with Gasteiger partial charge in [-0.25, -0.2) is 9.97 Å². The third kappa shape index (κ3) is 4.21. The van der Waals surface area contributed by atoms with E-state index in [2.05, 4.69) is 55.6 Å². The van der Waals surface area contributed by atoms with E-state index in [0.29, 0.717) is 5.82 Å². The standard InChI is InChI=1S/C29H28N8O/c1-5-18-8-20(10-21(9-18)32-29(38)16(2)3)19-6-7-23-22(11-19)26(36-35-23)28-33-24-12-30-13-25(27(24)34-28)37-14-17(4)31-15-37/h6-16H,5H2,1-4H3,(H,32,38)(H,33,34)(H,35,36). The predicted octanol–water partition coefficient (Wildman–Crippen LogP) is 5.82. The number of carbonyl (C=O) groups is 1. The fourth-order valence-electron chi connectivity index (χ4n) is 4.57. The molecule has 0 saturated carbocycles. The summed E-state index contributed by atoms with van der Waals surface area (Å²) in [7, 11) is 0. The van der Waals surface area contributed by atoms with E-state index >= 15 is 0 Å². The number of hydrogen-bond donors (Lipinski definition) is 3. The van der Waals surface area contributed by atoms with Gasteiger partial charge in [-0.15, -0.1) is 0 Å². The Morgan fingerprint density at radius 2 is 1.95 bits per heavy atom. The Balaban J connectivity index is 1.43. The molecule has 190 valence electrons. The van der Waals surface area contributed by atoms with Gasteiger partial charge in [0.1, 0.15) is 11.2 Å². The van der Waals surface area contributed by atoms with Crippen molar-refractivity contribution in [2.45, 2.75) is 34.1 Å². The molecule has 0 atom stereocenters. The quantitative estimate of drug-likeness (QED) is 0.264. The maximum absolute atomic E-state index is 12.3. The zero-order chi connectivity index (χ0) is 26.4. The summed E-state index contributed by atoms with van der Waals surface area (Å²) in [5.41, 5.74) is 9.03. The Hall–Kier alpha value is -4.79. The number of hydrogen-bond acceptors (Lipinski definition) is 5. The maximum atomic E-state index is 12.3. The first-order chi connectivity index (χ1) is 18.4. The summed E-state index contributed by atoms with van der Waals surface area (Å²) in [4.78, 5) is 29.4. The molecule has 0 aliphatic carbocycles. The molecule has 6 aromatic rings. The minimum Gasteiger partial charge on any atom is -0.335 e. The van der Waals surface area contributed by atoms with Crippen molar-refractivity contribution in [3.63, 3.8) is 0 Å². The molecule has 0 radical (unpaired) electrons. The van der Waals surface area contributed by atoms with E-state index in [9.17, 15) is 4.79 Å². The molecule has 38 heavy (non-hydrogen) atoms. The van der Waals surface area contributed by atoms with Crippen molar-refractivity contribution in [2.24, 2.45) is 5.92 Å². The number of aromatic nitrogens is 7. The number of nitrogens with one attached hydrogen (secondary N) is 3. The minimum absolute atomic E-state index is 0.00127. The highest BCUT2D eigenvalue weighted by molar-refractivity contribution is 5.97. The molecule has 0 fully saturated rings. The van der Waals surface area contributed by atoms with Crippen molar-refractivity contribution >= 4 is 33.5 Å². The molecular formula is C29H28N8O. The summed E-state index contributed by atoms with van der Waals surface area (Å²) in [5, 5.41) is 11.7. The summed E-state index contributed by atoms with van der Waals surface area (Å²) >= 11 is 0. The average molecular weight is 505 g/mol. The number of imidazole rings is 2. The number of carbonyl (C=O) groups excluding carboxylic acids is 1. The Kier molecular flexibility index (Phi) is 5.75. The molecule has 6 rings (SSSR count). The van der Waals surface area contributed by atoms with Gasteiger partial charge in [0.25, 0.3) is 0 Å². The molecule has 0 aliphatic rings. The van der Waals surface area contributed by atoms with Gasteiger partial charge in [0, 0.05) is 23.2 Å². The van der Waals surface area contributed by atoms with Crippen LogP contribution < -0.4 is 5.32 Å². The van der Waals surface area contributed by atoms with Crippen LogP contribution in [0.2, 0.25) is 0 Å². The van der Waals surface area contributed by atoms with E-state index < -0.39 is 0 Å². The second-order valence-electron chi connectivity index (χ2n) is 9.81. The third-order valence-corrected chi connectivity index (χ3v) is 6.68. The van der Waals surface area contributed by atoms with Crippen LogP contribution >= 0.6 is 0 Å². The second kappa shape index (κ2) is 9.26. The van der Waals surface area contributed by atoms with Crippen LogP contribution in [0.1, 0.15) is 32.0 Å². The smallest absolute Gasteiger partial charge is 0.226 e. The number of H-pyrrole nitrogens is 2. The predicted molar refractivity (Wildman–Crippen MR) is 149 cm³/mol. The first kappa shape index (κ1) is 23.6. The Morgan fingerprint density at radius 1 is 1.08 bits per heavy atom. The first-order valence-corrected chi connectivity index (χ1v) is 12.7. The number of nitrogens with zero attached hydrogens (tertiary/aromatic N) is 5. The van der Waals surface area contributed by atoms with Crippen LogP contribution in [0.25, 0.3) is 50.3 Å². The summed E-state index contributed by atoms with van der Waals surface area (Å²) in [5.74, 6) is 0.564. The third-order valence-electron chi connectivity index (χ3n) is 6.68. The lowest BCUT2D eigenvalue weighted by Gasteiger charge is -2.12. The molecule has 0 bridgehead atoms. The number of benzene rings is 2. The Labute approximate surface area is 219 Å². The molecule has 0 spiro atoms. The fourth-order valence-corrected chi connectivity index (χ4v) is 4.57. The van der Waals surface area contributed by atoms with Crippen molar-refractivity contribution < 1.29 is 4.79 Å². The Bertz CT molecular complexity index is 1810. The van der Waals surface area contributed by atoms with E-state index in [0.717, 1.165) is 67.8 Å². The molecule has 2 aromatic carbocycles. The van der Waals surface area contributed by atoms with Crippen LogP contribution in [0.4, 0.5) is 5.69 Å². The van der Waals surface area contributed by atoms with E-state index in [1.165, 1.54) is 0 Å². The van der Waals surface area contributed by atoms with Crippen LogP contribution in [-0.4, -0.2) is 40.6 Å². The van der Waals surface area contributed by atoms with Gasteiger partial charge in [-0.2, -0.15) is 5.10 Å². The number of aromatic amines is 2. The van der Waals surface area contributed by atoms with Gasteiger partial charge in [-0.3, -0.25) is 14.9 Å². The van der Waals surface area contributed by atoms with Crippen LogP contribution in [0.15, 0.2) is 61.3 Å². The fraction of sp³-hybridized carbons (Fsp3) is 0.207. The van der Waals surface area contributed by atoms with E-state index in [1.807, 2.05) is 49.7 Å². The maximum Gasteiger partial charge on any atom is 0.226 e. The number of pyridine rings is 1. The molecule has 0 aliphatic heterocycles. The molecule has 9 heteroatoms. The topological polar surface area (TPSA) is 117 Å². The van der Waals surface area contributed by atoms with Crippen molar-refractivity contribution in [3.8, 4) is 28.3 Å². The second-order valence-corrected chi connectivity index (χ2v) is 9.81. The summed E-state index contributed by atoms with van der Waals surface area (Å²) in [6.07, 6.45) is 8.12. The van der Waals surface area contributed by atoms with Crippen LogP contribution in [0.3, 0.4) is 0 Å². The monoisotopic (exact) mass is 504 g/mol. The van der Waals surface area contributed by atoms with Gasteiger partial charge in [0.2, 0.25) is 5.91 Å². The van der Waals surface area contributed by atoms with Gasteiger partial charge < -0.3 is 14.9 Å². The molecule has 9 nitrogen and oxygen atoms in total. The zero-order valence-corrected chi connectivity index (χ0v) is 21.7. The van der Waals surface area contributed by atoms with E-state index in [4.69, 9.17) is 4.98 Å². The molecule has 4 aromatic heterocycles. The lowest BCUT2D eigenvalue weighted by Crippen LogP contribution is -2.17. The van der Waals surface area contributed by atoms with Crippen LogP contribution in [0, 0.1) is 12.8 Å². The number of anilines is 1. The van der Waals surface area contributed by atoms with Crippen molar-refractivity contribution in [3.05, 3.63) is 72.6 Å².